The van der Waals surface area contributed by atoms with Crippen LogP contribution >= 0.6 is 0 Å². The van der Waals surface area contributed by atoms with Crippen molar-refractivity contribution in [2.24, 2.45) is 0 Å². The molecular formula is C18H22N2O. The molecule has 21 heavy (non-hydrogen) atoms. The average Bonchev–Trinajstić information content (AvgIpc) is 2.94. The SMILES string of the molecule is CCCn1ccnc1CC(=O)C1CCCc2ccccc21. The lowest BCUT2D eigenvalue weighted by atomic mass is 9.80. The van der Waals surface area contributed by atoms with E-state index in [1.165, 1.54) is 11.1 Å². The quantitative estimate of drug-likeness (QED) is 0.841. The van der Waals surface area contributed by atoms with E-state index in [1.807, 2.05) is 12.3 Å². The van der Waals surface area contributed by atoms with Crippen molar-refractivity contribution < 1.29 is 4.79 Å². The average molecular weight is 282 g/mol. The van der Waals surface area contributed by atoms with Gasteiger partial charge in [0.25, 0.3) is 0 Å². The molecule has 3 heteroatoms. The van der Waals surface area contributed by atoms with E-state index in [1.54, 1.807) is 6.20 Å². The van der Waals surface area contributed by atoms with Gasteiger partial charge in [-0.2, -0.15) is 0 Å². The molecule has 0 aliphatic heterocycles. The number of hydrogen-bond donors (Lipinski definition) is 0. The second kappa shape index (κ2) is 6.25. The molecule has 1 aliphatic rings. The Hall–Kier alpha value is -1.90. The number of carbonyl (C=O) groups is 1. The number of imidazole rings is 1. The van der Waals surface area contributed by atoms with Crippen LogP contribution in [0.5, 0.6) is 0 Å². The van der Waals surface area contributed by atoms with E-state index in [9.17, 15) is 4.79 Å². The summed E-state index contributed by atoms with van der Waals surface area (Å²) in [4.78, 5) is 17.1. The third-order valence-electron chi connectivity index (χ3n) is 4.36. The number of nitrogens with zero attached hydrogens (tertiary/aromatic N) is 2. The van der Waals surface area contributed by atoms with Crippen molar-refractivity contribution in [2.75, 3.05) is 0 Å². The number of aryl methyl sites for hydroxylation is 2. The van der Waals surface area contributed by atoms with Crippen LogP contribution in [0.4, 0.5) is 0 Å². The van der Waals surface area contributed by atoms with Gasteiger partial charge in [-0.05, 0) is 36.8 Å². The van der Waals surface area contributed by atoms with Gasteiger partial charge in [0, 0.05) is 24.9 Å². The first-order valence-corrected chi connectivity index (χ1v) is 7.90. The molecule has 0 saturated carbocycles. The maximum Gasteiger partial charge on any atom is 0.147 e. The van der Waals surface area contributed by atoms with E-state index < -0.39 is 0 Å². The van der Waals surface area contributed by atoms with Crippen LogP contribution in [0.15, 0.2) is 36.7 Å². The van der Waals surface area contributed by atoms with Crippen LogP contribution in [0.2, 0.25) is 0 Å². The number of Topliss-reactive ketones (excluding diaryl/α,β-unsaturated/α-hetero) is 1. The van der Waals surface area contributed by atoms with E-state index >= 15 is 0 Å². The standard InChI is InChI=1S/C18H22N2O/c1-2-11-20-12-10-19-18(20)13-17(21)16-9-5-7-14-6-3-4-8-15(14)16/h3-4,6,8,10,12,16H,2,5,7,9,11,13H2,1H3. The van der Waals surface area contributed by atoms with Gasteiger partial charge in [-0.15, -0.1) is 0 Å². The Morgan fingerprint density at radius 1 is 1.38 bits per heavy atom. The fourth-order valence-electron chi connectivity index (χ4n) is 3.32. The zero-order valence-corrected chi connectivity index (χ0v) is 12.6. The highest BCUT2D eigenvalue weighted by Gasteiger charge is 2.26. The van der Waals surface area contributed by atoms with Crippen molar-refractivity contribution in [1.29, 1.82) is 0 Å². The summed E-state index contributed by atoms with van der Waals surface area (Å²) >= 11 is 0. The van der Waals surface area contributed by atoms with E-state index in [2.05, 4.69) is 34.7 Å². The smallest absolute Gasteiger partial charge is 0.147 e. The fourth-order valence-corrected chi connectivity index (χ4v) is 3.32. The van der Waals surface area contributed by atoms with E-state index in [0.717, 1.165) is 38.1 Å². The van der Waals surface area contributed by atoms with Crippen molar-refractivity contribution >= 4 is 5.78 Å². The minimum atomic E-state index is 0.0572. The fraction of sp³-hybridized carbons (Fsp3) is 0.444. The van der Waals surface area contributed by atoms with Crippen LogP contribution in [0.25, 0.3) is 0 Å². The molecule has 0 N–H and O–H groups in total. The summed E-state index contributed by atoms with van der Waals surface area (Å²) in [5.74, 6) is 1.28. The number of hydrogen-bond acceptors (Lipinski definition) is 2. The molecule has 0 spiro atoms. The number of fused-ring (bicyclic) bond motifs is 1. The largest absolute Gasteiger partial charge is 0.335 e. The predicted molar refractivity (Wildman–Crippen MR) is 83.4 cm³/mol. The van der Waals surface area contributed by atoms with Gasteiger partial charge in [0.1, 0.15) is 11.6 Å². The molecule has 1 aliphatic carbocycles. The van der Waals surface area contributed by atoms with Crippen LogP contribution in [0, 0.1) is 0 Å². The Morgan fingerprint density at radius 2 is 2.24 bits per heavy atom. The van der Waals surface area contributed by atoms with Crippen LogP contribution in [-0.4, -0.2) is 15.3 Å². The van der Waals surface area contributed by atoms with E-state index in [0.29, 0.717) is 12.2 Å². The van der Waals surface area contributed by atoms with Crippen LogP contribution < -0.4 is 0 Å². The molecule has 110 valence electrons. The lowest BCUT2D eigenvalue weighted by Crippen LogP contribution is -2.21. The summed E-state index contributed by atoms with van der Waals surface area (Å²) in [6.45, 7) is 3.08. The molecule has 3 nitrogen and oxygen atoms in total. The van der Waals surface area contributed by atoms with Crippen LogP contribution in [0.3, 0.4) is 0 Å². The number of carbonyl (C=O) groups excluding carboxylic acids is 1. The van der Waals surface area contributed by atoms with E-state index in [-0.39, 0.29) is 5.92 Å². The van der Waals surface area contributed by atoms with Gasteiger partial charge in [-0.3, -0.25) is 4.79 Å². The topological polar surface area (TPSA) is 34.9 Å². The molecule has 0 radical (unpaired) electrons. The normalized spacial score (nSPS) is 17.5. The molecule has 1 aromatic heterocycles. The molecule has 1 unspecified atom stereocenters. The third-order valence-corrected chi connectivity index (χ3v) is 4.36. The summed E-state index contributed by atoms with van der Waals surface area (Å²) in [7, 11) is 0. The van der Waals surface area contributed by atoms with Gasteiger partial charge in [0.2, 0.25) is 0 Å². The predicted octanol–water partition coefficient (Wildman–Crippen LogP) is 3.52. The molecule has 0 amide bonds. The summed E-state index contributed by atoms with van der Waals surface area (Å²) in [6.07, 6.45) is 8.47. The minimum Gasteiger partial charge on any atom is -0.335 e. The molecule has 0 fully saturated rings. The summed E-state index contributed by atoms with van der Waals surface area (Å²) < 4.78 is 2.10. The maximum atomic E-state index is 12.7. The minimum absolute atomic E-state index is 0.0572. The monoisotopic (exact) mass is 282 g/mol. The Balaban J connectivity index is 1.79. The van der Waals surface area contributed by atoms with Crippen LogP contribution in [-0.2, 0) is 24.2 Å². The summed E-state index contributed by atoms with van der Waals surface area (Å²) in [6, 6.07) is 8.39. The second-order valence-corrected chi connectivity index (χ2v) is 5.82. The zero-order valence-electron chi connectivity index (χ0n) is 12.6. The van der Waals surface area contributed by atoms with Gasteiger partial charge >= 0.3 is 0 Å². The number of ketones is 1. The molecule has 2 aromatic rings. The maximum absolute atomic E-state index is 12.7. The molecule has 1 heterocycles. The first-order valence-electron chi connectivity index (χ1n) is 7.90. The Bertz CT molecular complexity index is 630. The Labute approximate surface area is 126 Å². The molecule has 1 aromatic carbocycles. The third kappa shape index (κ3) is 2.92. The zero-order chi connectivity index (χ0) is 14.7. The molecule has 0 saturated heterocycles. The van der Waals surface area contributed by atoms with Gasteiger partial charge < -0.3 is 4.57 Å². The number of benzene rings is 1. The van der Waals surface area contributed by atoms with E-state index in [4.69, 9.17) is 0 Å². The van der Waals surface area contributed by atoms with Crippen molar-refractivity contribution in [3.63, 3.8) is 0 Å². The highest BCUT2D eigenvalue weighted by molar-refractivity contribution is 5.87. The summed E-state index contributed by atoms with van der Waals surface area (Å²) in [5, 5.41) is 0. The van der Waals surface area contributed by atoms with Gasteiger partial charge in [0.05, 0.1) is 6.42 Å². The molecule has 0 bridgehead atoms. The Morgan fingerprint density at radius 3 is 3.10 bits per heavy atom. The summed E-state index contributed by atoms with van der Waals surface area (Å²) in [5.41, 5.74) is 2.58. The second-order valence-electron chi connectivity index (χ2n) is 5.82. The van der Waals surface area contributed by atoms with Crippen molar-refractivity contribution in [3.05, 3.63) is 53.6 Å². The molecular weight excluding hydrogens is 260 g/mol. The van der Waals surface area contributed by atoms with Crippen molar-refractivity contribution in [2.45, 2.75) is 51.5 Å². The van der Waals surface area contributed by atoms with Gasteiger partial charge in [-0.1, -0.05) is 31.2 Å². The van der Waals surface area contributed by atoms with Crippen molar-refractivity contribution in [1.82, 2.24) is 9.55 Å². The molecule has 3 rings (SSSR count). The highest BCUT2D eigenvalue weighted by atomic mass is 16.1. The highest BCUT2D eigenvalue weighted by Crippen LogP contribution is 2.32. The van der Waals surface area contributed by atoms with Gasteiger partial charge in [0.15, 0.2) is 0 Å². The first kappa shape index (κ1) is 14.1. The van der Waals surface area contributed by atoms with Crippen molar-refractivity contribution in [3.8, 4) is 0 Å². The lowest BCUT2D eigenvalue weighted by molar-refractivity contribution is -0.120. The van der Waals surface area contributed by atoms with Crippen LogP contribution in [0.1, 0.15) is 49.1 Å². The molecule has 1 atom stereocenters. The number of rotatable bonds is 5. The van der Waals surface area contributed by atoms with Gasteiger partial charge in [-0.25, -0.2) is 4.98 Å². The first-order chi connectivity index (χ1) is 10.3. The number of aromatic nitrogens is 2. The lowest BCUT2D eigenvalue weighted by Gasteiger charge is -2.24. The Kier molecular flexibility index (Phi) is 4.18.